The second-order valence-electron chi connectivity index (χ2n) is 6.78. The predicted molar refractivity (Wildman–Crippen MR) is 101 cm³/mol. The van der Waals surface area contributed by atoms with Crippen molar-refractivity contribution in [1.82, 2.24) is 5.32 Å². The molecule has 0 saturated heterocycles. The molecule has 0 amide bonds. The second-order valence-corrected chi connectivity index (χ2v) is 6.78. The monoisotopic (exact) mass is 337 g/mol. The van der Waals surface area contributed by atoms with Crippen molar-refractivity contribution in [2.75, 3.05) is 19.7 Å². The topological polar surface area (TPSA) is 38.3 Å². The molecule has 132 valence electrons. The smallest absolute Gasteiger partial charge is 0.317 e. The fraction of sp³-hybridized carbons (Fsp3) is 0.409. The van der Waals surface area contributed by atoms with Crippen molar-refractivity contribution in [1.29, 1.82) is 0 Å². The Labute approximate surface area is 150 Å². The van der Waals surface area contributed by atoms with E-state index in [1.165, 1.54) is 25.7 Å². The summed E-state index contributed by atoms with van der Waals surface area (Å²) in [6, 6.07) is 19.7. The molecule has 1 aliphatic carbocycles. The van der Waals surface area contributed by atoms with Gasteiger partial charge in [-0.25, -0.2) is 0 Å². The van der Waals surface area contributed by atoms with Crippen molar-refractivity contribution >= 4 is 5.97 Å². The number of esters is 1. The quantitative estimate of drug-likeness (QED) is 0.581. The molecule has 3 heteroatoms. The number of ether oxygens (including phenoxy) is 1. The highest BCUT2D eigenvalue weighted by Gasteiger charge is 2.24. The molecule has 3 nitrogen and oxygen atoms in total. The maximum atomic E-state index is 12.7. The van der Waals surface area contributed by atoms with Crippen molar-refractivity contribution < 1.29 is 9.53 Å². The number of nitrogens with one attached hydrogen (secondary N) is 1. The molecule has 25 heavy (non-hydrogen) atoms. The van der Waals surface area contributed by atoms with Crippen molar-refractivity contribution in [2.24, 2.45) is 5.92 Å². The molecule has 1 fully saturated rings. The van der Waals surface area contributed by atoms with Crippen LogP contribution in [0.4, 0.5) is 0 Å². The van der Waals surface area contributed by atoms with Gasteiger partial charge in [0.25, 0.3) is 0 Å². The highest BCUT2D eigenvalue weighted by molar-refractivity contribution is 5.82. The number of hydrogen-bond acceptors (Lipinski definition) is 3. The largest absolute Gasteiger partial charge is 0.464 e. The Balaban J connectivity index is 1.54. The van der Waals surface area contributed by atoms with Gasteiger partial charge in [0, 0.05) is 6.54 Å². The highest BCUT2D eigenvalue weighted by atomic mass is 16.5. The van der Waals surface area contributed by atoms with E-state index in [9.17, 15) is 4.79 Å². The minimum absolute atomic E-state index is 0.180. The summed E-state index contributed by atoms with van der Waals surface area (Å²) in [7, 11) is 0. The maximum Gasteiger partial charge on any atom is 0.317 e. The zero-order valence-electron chi connectivity index (χ0n) is 14.7. The number of rotatable bonds is 8. The van der Waals surface area contributed by atoms with Gasteiger partial charge in [0.05, 0.1) is 0 Å². The molecular weight excluding hydrogens is 310 g/mol. The van der Waals surface area contributed by atoms with Crippen LogP contribution in [-0.4, -0.2) is 25.7 Å². The number of hydrogen-bond donors (Lipinski definition) is 1. The minimum atomic E-state index is -0.364. The lowest BCUT2D eigenvalue weighted by atomic mass is 9.91. The Morgan fingerprint density at radius 2 is 1.52 bits per heavy atom. The molecule has 0 unspecified atom stereocenters. The Bertz CT molecular complexity index is 596. The molecule has 2 aromatic carbocycles. The maximum absolute atomic E-state index is 12.7. The summed E-state index contributed by atoms with van der Waals surface area (Å²) >= 11 is 0. The van der Waals surface area contributed by atoms with Crippen LogP contribution in [0.15, 0.2) is 60.7 Å². The zero-order valence-corrected chi connectivity index (χ0v) is 14.7. The Morgan fingerprint density at radius 3 is 2.08 bits per heavy atom. The van der Waals surface area contributed by atoms with E-state index in [4.69, 9.17) is 4.74 Å². The van der Waals surface area contributed by atoms with Crippen molar-refractivity contribution in [3.05, 3.63) is 71.8 Å². The average molecular weight is 337 g/mol. The molecule has 2 aromatic rings. The van der Waals surface area contributed by atoms with E-state index in [1.54, 1.807) is 0 Å². The first-order valence-electron chi connectivity index (χ1n) is 9.32. The van der Waals surface area contributed by atoms with Gasteiger partial charge < -0.3 is 10.1 Å². The van der Waals surface area contributed by atoms with Crippen LogP contribution in [0.1, 0.15) is 42.7 Å². The third kappa shape index (κ3) is 5.17. The molecular formula is C22H27NO2. The van der Waals surface area contributed by atoms with Crippen LogP contribution in [0.5, 0.6) is 0 Å². The van der Waals surface area contributed by atoms with Gasteiger partial charge in [-0.2, -0.15) is 0 Å². The molecule has 0 atom stereocenters. The fourth-order valence-corrected chi connectivity index (χ4v) is 3.58. The van der Waals surface area contributed by atoms with E-state index in [0.717, 1.165) is 30.1 Å². The Hall–Kier alpha value is -2.13. The molecule has 0 heterocycles. The van der Waals surface area contributed by atoms with Crippen LogP contribution in [-0.2, 0) is 9.53 Å². The molecule has 1 aliphatic rings. The minimum Gasteiger partial charge on any atom is -0.464 e. The van der Waals surface area contributed by atoms with E-state index >= 15 is 0 Å². The van der Waals surface area contributed by atoms with E-state index in [2.05, 4.69) is 5.32 Å². The van der Waals surface area contributed by atoms with Crippen LogP contribution in [0.2, 0.25) is 0 Å². The third-order valence-corrected chi connectivity index (χ3v) is 4.93. The van der Waals surface area contributed by atoms with E-state index < -0.39 is 0 Å². The summed E-state index contributed by atoms with van der Waals surface area (Å²) in [6.45, 7) is 2.18. The van der Waals surface area contributed by atoms with Crippen LogP contribution < -0.4 is 5.32 Å². The molecule has 0 radical (unpaired) electrons. The summed E-state index contributed by atoms with van der Waals surface area (Å²) in [5.41, 5.74) is 1.94. The van der Waals surface area contributed by atoms with Gasteiger partial charge in [-0.15, -0.1) is 0 Å². The van der Waals surface area contributed by atoms with Gasteiger partial charge in [0.15, 0.2) is 0 Å². The molecule has 1 saturated carbocycles. The van der Waals surface area contributed by atoms with Crippen LogP contribution >= 0.6 is 0 Å². The first-order chi connectivity index (χ1) is 12.3. The molecule has 1 N–H and O–H groups in total. The van der Waals surface area contributed by atoms with Crippen LogP contribution in [0.25, 0.3) is 0 Å². The number of carbonyl (C=O) groups is 1. The molecule has 0 bridgehead atoms. The summed E-state index contributed by atoms with van der Waals surface area (Å²) in [5, 5.41) is 3.42. The summed E-state index contributed by atoms with van der Waals surface area (Å²) < 4.78 is 5.58. The SMILES string of the molecule is O=C(OCCNCC1CCCC1)C(c1ccccc1)c1ccccc1. The van der Waals surface area contributed by atoms with E-state index in [0.29, 0.717) is 6.61 Å². The molecule has 0 spiro atoms. The molecule has 0 aromatic heterocycles. The summed E-state index contributed by atoms with van der Waals surface area (Å²) in [4.78, 5) is 12.7. The normalized spacial score (nSPS) is 14.8. The first-order valence-corrected chi connectivity index (χ1v) is 9.32. The predicted octanol–water partition coefficient (Wildman–Crippen LogP) is 4.14. The van der Waals surface area contributed by atoms with Crippen molar-refractivity contribution in [2.45, 2.75) is 31.6 Å². The average Bonchev–Trinajstić information content (AvgIpc) is 3.17. The van der Waals surface area contributed by atoms with Crippen LogP contribution in [0.3, 0.4) is 0 Å². The number of carbonyl (C=O) groups excluding carboxylic acids is 1. The lowest BCUT2D eigenvalue weighted by Crippen LogP contribution is -2.27. The van der Waals surface area contributed by atoms with Gasteiger partial charge in [-0.3, -0.25) is 4.79 Å². The fourth-order valence-electron chi connectivity index (χ4n) is 3.58. The van der Waals surface area contributed by atoms with Crippen molar-refractivity contribution in [3.8, 4) is 0 Å². The zero-order chi connectivity index (χ0) is 17.3. The number of benzene rings is 2. The van der Waals surface area contributed by atoms with Gasteiger partial charge in [-0.1, -0.05) is 73.5 Å². The van der Waals surface area contributed by atoms with E-state index in [-0.39, 0.29) is 11.9 Å². The van der Waals surface area contributed by atoms with Gasteiger partial charge in [-0.05, 0) is 36.4 Å². The van der Waals surface area contributed by atoms with Gasteiger partial charge in [0.2, 0.25) is 0 Å². The standard InChI is InChI=1S/C22H27NO2/c24-22(25-16-15-23-17-18-9-7-8-10-18)21(19-11-3-1-4-12-19)20-13-5-2-6-14-20/h1-6,11-14,18,21,23H,7-10,15-17H2. The first kappa shape index (κ1) is 17.7. The van der Waals surface area contributed by atoms with Gasteiger partial charge >= 0.3 is 5.97 Å². The molecule has 3 rings (SSSR count). The van der Waals surface area contributed by atoms with E-state index in [1.807, 2.05) is 60.7 Å². The lowest BCUT2D eigenvalue weighted by molar-refractivity contribution is -0.144. The second kappa shape index (κ2) is 9.38. The summed E-state index contributed by atoms with van der Waals surface area (Å²) in [6.07, 6.45) is 5.38. The highest BCUT2D eigenvalue weighted by Crippen LogP contribution is 2.26. The Kier molecular flexibility index (Phi) is 6.63. The summed E-state index contributed by atoms with van der Waals surface area (Å²) in [5.74, 6) is 0.259. The molecule has 0 aliphatic heterocycles. The van der Waals surface area contributed by atoms with Gasteiger partial charge in [0.1, 0.15) is 12.5 Å². The third-order valence-electron chi connectivity index (χ3n) is 4.93. The van der Waals surface area contributed by atoms with Crippen molar-refractivity contribution in [3.63, 3.8) is 0 Å². The van der Waals surface area contributed by atoms with Crippen LogP contribution in [0, 0.1) is 5.92 Å². The lowest BCUT2D eigenvalue weighted by Gasteiger charge is -2.17. The Morgan fingerprint density at radius 1 is 0.960 bits per heavy atom.